The van der Waals surface area contributed by atoms with Crippen LogP contribution < -0.4 is 10.0 Å². The zero-order chi connectivity index (χ0) is 18.6. The van der Waals surface area contributed by atoms with Gasteiger partial charge in [-0.05, 0) is 48.5 Å². The first-order chi connectivity index (χ1) is 12.4. The molecule has 1 aromatic heterocycles. The van der Waals surface area contributed by atoms with E-state index in [0.717, 1.165) is 0 Å². The van der Waals surface area contributed by atoms with E-state index in [-0.39, 0.29) is 22.7 Å². The van der Waals surface area contributed by atoms with Crippen LogP contribution in [0.25, 0.3) is 0 Å². The first kappa shape index (κ1) is 17.8. The lowest BCUT2D eigenvalue weighted by atomic mass is 10.2. The lowest BCUT2D eigenvalue weighted by molar-refractivity contribution is 0.102. The zero-order valence-electron chi connectivity index (χ0n) is 13.5. The molecule has 6 nitrogen and oxygen atoms in total. The molecule has 0 aliphatic carbocycles. The predicted molar refractivity (Wildman–Crippen MR) is 93.5 cm³/mol. The van der Waals surface area contributed by atoms with Gasteiger partial charge < -0.3 is 9.73 Å². The van der Waals surface area contributed by atoms with Gasteiger partial charge >= 0.3 is 0 Å². The van der Waals surface area contributed by atoms with E-state index in [4.69, 9.17) is 4.42 Å². The van der Waals surface area contributed by atoms with E-state index in [1.807, 2.05) is 0 Å². The maximum absolute atomic E-state index is 13.2. The number of rotatable bonds is 6. The van der Waals surface area contributed by atoms with E-state index in [0.29, 0.717) is 5.76 Å². The molecule has 0 spiro atoms. The number of hydrogen-bond acceptors (Lipinski definition) is 4. The lowest BCUT2D eigenvalue weighted by Gasteiger charge is -2.08. The highest BCUT2D eigenvalue weighted by atomic mass is 32.2. The van der Waals surface area contributed by atoms with Crippen molar-refractivity contribution in [2.24, 2.45) is 0 Å². The molecular weight excluding hydrogens is 359 g/mol. The summed E-state index contributed by atoms with van der Waals surface area (Å²) in [5, 5.41) is 2.52. The van der Waals surface area contributed by atoms with Gasteiger partial charge in [0.05, 0.1) is 17.7 Å². The highest BCUT2D eigenvalue weighted by molar-refractivity contribution is 7.89. The van der Waals surface area contributed by atoms with Gasteiger partial charge in [0.1, 0.15) is 11.6 Å². The summed E-state index contributed by atoms with van der Waals surface area (Å²) in [6.45, 7) is -0.00491. The molecule has 0 aliphatic heterocycles. The van der Waals surface area contributed by atoms with Gasteiger partial charge in [0.25, 0.3) is 5.91 Å². The highest BCUT2D eigenvalue weighted by Crippen LogP contribution is 2.15. The molecule has 8 heteroatoms. The van der Waals surface area contributed by atoms with Crippen LogP contribution in [0.4, 0.5) is 10.1 Å². The van der Waals surface area contributed by atoms with Crippen LogP contribution in [-0.4, -0.2) is 14.3 Å². The van der Waals surface area contributed by atoms with Crippen LogP contribution in [0.5, 0.6) is 0 Å². The summed E-state index contributed by atoms with van der Waals surface area (Å²) in [6, 6.07) is 14.3. The van der Waals surface area contributed by atoms with Crippen molar-refractivity contribution in [1.82, 2.24) is 4.72 Å². The minimum Gasteiger partial charge on any atom is -0.468 e. The molecule has 0 saturated carbocycles. The first-order valence-electron chi connectivity index (χ1n) is 7.63. The van der Waals surface area contributed by atoms with E-state index in [2.05, 4.69) is 10.0 Å². The third-order valence-electron chi connectivity index (χ3n) is 3.51. The fourth-order valence-electron chi connectivity index (χ4n) is 2.24. The number of amides is 1. The second-order valence-electron chi connectivity index (χ2n) is 5.40. The van der Waals surface area contributed by atoms with Crippen LogP contribution in [0, 0.1) is 5.82 Å². The molecule has 0 radical (unpaired) electrons. The number of halogens is 1. The minimum absolute atomic E-state index is 0.00491. The number of benzene rings is 2. The SMILES string of the molecule is O=C(Nc1cccc(F)c1)c1cccc(S(=O)(=O)NCc2ccco2)c1. The highest BCUT2D eigenvalue weighted by Gasteiger charge is 2.17. The van der Waals surface area contributed by atoms with Crippen LogP contribution >= 0.6 is 0 Å². The summed E-state index contributed by atoms with van der Waals surface area (Å²) < 4.78 is 45.4. The van der Waals surface area contributed by atoms with Gasteiger partial charge in [-0.2, -0.15) is 0 Å². The number of anilines is 1. The number of sulfonamides is 1. The van der Waals surface area contributed by atoms with E-state index in [9.17, 15) is 17.6 Å². The Morgan fingerprint density at radius 1 is 1.04 bits per heavy atom. The molecular formula is C18H15FN2O4S. The third kappa shape index (κ3) is 4.35. The molecule has 2 N–H and O–H groups in total. The molecule has 0 aliphatic rings. The maximum Gasteiger partial charge on any atom is 0.255 e. The van der Waals surface area contributed by atoms with Crippen LogP contribution in [-0.2, 0) is 16.6 Å². The standard InChI is InChI=1S/C18H15FN2O4S/c19-14-5-2-6-15(11-14)21-18(22)13-4-1-8-17(10-13)26(23,24)20-12-16-7-3-9-25-16/h1-11,20H,12H2,(H,21,22). The Hall–Kier alpha value is -2.97. The van der Waals surface area contributed by atoms with Gasteiger partial charge in [0.2, 0.25) is 10.0 Å². The van der Waals surface area contributed by atoms with Gasteiger partial charge in [-0.15, -0.1) is 0 Å². The van der Waals surface area contributed by atoms with Crippen LogP contribution in [0.2, 0.25) is 0 Å². The van der Waals surface area contributed by atoms with Gasteiger partial charge in [-0.1, -0.05) is 12.1 Å². The minimum atomic E-state index is -3.82. The van der Waals surface area contributed by atoms with Crippen molar-refractivity contribution in [3.05, 3.63) is 84.1 Å². The second-order valence-corrected chi connectivity index (χ2v) is 7.16. The van der Waals surface area contributed by atoms with Crippen molar-refractivity contribution in [3.63, 3.8) is 0 Å². The summed E-state index contributed by atoms with van der Waals surface area (Å²) in [5.41, 5.74) is 0.411. The Morgan fingerprint density at radius 2 is 1.85 bits per heavy atom. The third-order valence-corrected chi connectivity index (χ3v) is 4.90. The number of hydrogen-bond donors (Lipinski definition) is 2. The Kier molecular flexibility index (Phi) is 5.15. The van der Waals surface area contributed by atoms with Gasteiger partial charge in [-0.3, -0.25) is 4.79 Å². The fraction of sp³-hybridized carbons (Fsp3) is 0.0556. The monoisotopic (exact) mass is 374 g/mol. The molecule has 26 heavy (non-hydrogen) atoms. The molecule has 2 aromatic carbocycles. The number of carbonyl (C=O) groups excluding carboxylic acids is 1. The quantitative estimate of drug-likeness (QED) is 0.694. The summed E-state index contributed by atoms with van der Waals surface area (Å²) >= 11 is 0. The van der Waals surface area contributed by atoms with Crippen LogP contribution in [0.3, 0.4) is 0 Å². The lowest BCUT2D eigenvalue weighted by Crippen LogP contribution is -2.23. The maximum atomic E-state index is 13.2. The second kappa shape index (κ2) is 7.51. The molecule has 1 heterocycles. The largest absolute Gasteiger partial charge is 0.468 e. The van der Waals surface area contributed by atoms with Crippen molar-refractivity contribution in [1.29, 1.82) is 0 Å². The zero-order valence-corrected chi connectivity index (χ0v) is 14.3. The van der Waals surface area contributed by atoms with Crippen molar-refractivity contribution in [2.45, 2.75) is 11.4 Å². The van der Waals surface area contributed by atoms with Gasteiger partial charge in [0, 0.05) is 11.3 Å². The van der Waals surface area contributed by atoms with E-state index < -0.39 is 21.7 Å². The number of furan rings is 1. The molecule has 0 fully saturated rings. The normalized spacial score (nSPS) is 11.3. The molecule has 0 saturated heterocycles. The van der Waals surface area contributed by atoms with E-state index in [1.54, 1.807) is 12.1 Å². The molecule has 3 aromatic rings. The first-order valence-corrected chi connectivity index (χ1v) is 9.11. The average molecular weight is 374 g/mol. The Bertz CT molecular complexity index is 1020. The Balaban J connectivity index is 1.75. The Labute approximate surface area is 149 Å². The molecule has 1 amide bonds. The van der Waals surface area contributed by atoms with Crippen LogP contribution in [0.15, 0.2) is 76.2 Å². The van der Waals surface area contributed by atoms with Gasteiger partial charge in [0.15, 0.2) is 0 Å². The molecule has 134 valence electrons. The van der Waals surface area contributed by atoms with Crippen molar-refractivity contribution >= 4 is 21.6 Å². The summed E-state index contributed by atoms with van der Waals surface area (Å²) in [7, 11) is -3.82. The predicted octanol–water partition coefficient (Wildman–Crippen LogP) is 3.15. The van der Waals surface area contributed by atoms with Gasteiger partial charge in [-0.25, -0.2) is 17.5 Å². The van der Waals surface area contributed by atoms with E-state index in [1.165, 1.54) is 54.8 Å². The van der Waals surface area contributed by atoms with Crippen molar-refractivity contribution in [2.75, 3.05) is 5.32 Å². The summed E-state index contributed by atoms with van der Waals surface area (Å²) in [4.78, 5) is 12.2. The van der Waals surface area contributed by atoms with Crippen molar-refractivity contribution in [3.8, 4) is 0 Å². The molecule has 0 atom stereocenters. The van der Waals surface area contributed by atoms with Crippen LogP contribution in [0.1, 0.15) is 16.1 Å². The fourth-order valence-corrected chi connectivity index (χ4v) is 3.28. The Morgan fingerprint density at radius 3 is 2.58 bits per heavy atom. The molecule has 0 unspecified atom stereocenters. The molecule has 0 bridgehead atoms. The van der Waals surface area contributed by atoms with E-state index >= 15 is 0 Å². The van der Waals surface area contributed by atoms with Crippen molar-refractivity contribution < 1.29 is 22.0 Å². The summed E-state index contributed by atoms with van der Waals surface area (Å²) in [6.07, 6.45) is 1.45. The number of nitrogens with one attached hydrogen (secondary N) is 2. The topological polar surface area (TPSA) is 88.4 Å². The number of carbonyl (C=O) groups is 1. The smallest absolute Gasteiger partial charge is 0.255 e. The summed E-state index contributed by atoms with van der Waals surface area (Å²) in [5.74, 6) is -0.562. The average Bonchev–Trinajstić information content (AvgIpc) is 3.14. The molecule has 3 rings (SSSR count).